The standard InChI is InChI=1S/C2H2N2S/c1-3-4-2-5-1/h1-2H/p+1. The van der Waals surface area contributed by atoms with E-state index in [1.165, 1.54) is 0 Å². The molecule has 1 heterocycles. The summed E-state index contributed by atoms with van der Waals surface area (Å²) in [5.74, 6) is 0. The Hall–Kier alpha value is -0.440. The van der Waals surface area contributed by atoms with E-state index in [1.54, 1.807) is 22.4 Å². The number of nitrogens with zero attached hydrogens (tertiary/aromatic N) is 1. The summed E-state index contributed by atoms with van der Waals surface area (Å²) < 4.78 is 0. The minimum absolute atomic E-state index is 1.55. The first kappa shape index (κ1) is 2.78. The Morgan fingerprint density at radius 3 is 3.00 bits per heavy atom. The number of rotatable bonds is 0. The summed E-state index contributed by atoms with van der Waals surface area (Å²) in [7, 11) is 0. The van der Waals surface area contributed by atoms with Gasteiger partial charge in [-0.15, -0.1) is 0 Å². The van der Waals surface area contributed by atoms with E-state index >= 15 is 0 Å². The van der Waals surface area contributed by atoms with Gasteiger partial charge in [0.05, 0.1) is 0 Å². The molecule has 0 saturated heterocycles. The zero-order chi connectivity index (χ0) is 3.54. The molecule has 0 radical (unpaired) electrons. The lowest BCUT2D eigenvalue weighted by molar-refractivity contribution is -0.447. The molecule has 0 aliphatic rings. The molecule has 0 atom stereocenters. The molecule has 0 saturated carbocycles. The fourth-order valence-electron chi connectivity index (χ4n) is 0.152. The predicted molar refractivity (Wildman–Crippen MR) is 18.7 cm³/mol. The summed E-state index contributed by atoms with van der Waals surface area (Å²) in [5.41, 5.74) is 3.54. The molecule has 0 bridgehead atoms. The van der Waals surface area contributed by atoms with E-state index in [9.17, 15) is 0 Å². The van der Waals surface area contributed by atoms with Crippen molar-refractivity contribution >= 4 is 11.3 Å². The monoisotopic (exact) mass is 87.0 g/mol. The van der Waals surface area contributed by atoms with Crippen LogP contribution in [0.4, 0.5) is 0 Å². The third kappa shape index (κ3) is 0.417. The molecule has 5 heavy (non-hydrogen) atoms. The molecule has 1 rings (SSSR count). The second-order valence-corrected chi connectivity index (χ2v) is 1.34. The quantitative estimate of drug-likeness (QED) is 0.436. The van der Waals surface area contributed by atoms with Gasteiger partial charge >= 0.3 is 0 Å². The second kappa shape index (κ2) is 1.12. The molecule has 0 unspecified atom stereocenters. The topological polar surface area (TPSA) is 27.0 Å². The van der Waals surface area contributed by atoms with E-state index < -0.39 is 0 Å². The number of aromatic nitrogens is 2. The van der Waals surface area contributed by atoms with Crippen molar-refractivity contribution in [2.45, 2.75) is 0 Å². The maximum Gasteiger partial charge on any atom is 0.250 e. The van der Waals surface area contributed by atoms with Crippen molar-refractivity contribution < 1.29 is 5.10 Å². The van der Waals surface area contributed by atoms with Crippen LogP contribution in [-0.4, -0.2) is 5.10 Å². The van der Waals surface area contributed by atoms with Gasteiger partial charge in [0.15, 0.2) is 5.51 Å². The Bertz CT molecular complexity index is 64.1. The summed E-state index contributed by atoms with van der Waals surface area (Å²) in [4.78, 5) is 0. The van der Waals surface area contributed by atoms with Gasteiger partial charge in [-0.25, -0.2) is 0 Å². The lowest BCUT2D eigenvalue weighted by Crippen LogP contribution is -1.95. The molecule has 2 nitrogen and oxygen atoms in total. The van der Waals surface area contributed by atoms with Crippen molar-refractivity contribution in [1.29, 1.82) is 0 Å². The van der Waals surface area contributed by atoms with E-state index in [2.05, 4.69) is 10.2 Å². The van der Waals surface area contributed by atoms with E-state index in [0.29, 0.717) is 0 Å². The minimum Gasteiger partial charge on any atom is -0.0957 e. The largest absolute Gasteiger partial charge is 0.250 e. The van der Waals surface area contributed by atoms with Crippen molar-refractivity contribution in [2.75, 3.05) is 0 Å². The lowest BCUT2D eigenvalue weighted by atomic mass is 11.6. The number of aromatic amines is 1. The van der Waals surface area contributed by atoms with Crippen molar-refractivity contribution in [3.05, 3.63) is 11.0 Å². The van der Waals surface area contributed by atoms with Crippen LogP contribution in [0.15, 0.2) is 11.0 Å². The first-order valence-corrected chi connectivity index (χ1v) is 2.18. The van der Waals surface area contributed by atoms with Crippen LogP contribution in [0.5, 0.6) is 0 Å². The molecule has 1 N–H and O–H groups in total. The number of nitrogens with one attached hydrogen (secondary N) is 1. The van der Waals surface area contributed by atoms with Crippen LogP contribution in [-0.2, 0) is 0 Å². The zero-order valence-corrected chi connectivity index (χ0v) is 3.33. The zero-order valence-electron chi connectivity index (χ0n) is 2.51. The minimum atomic E-state index is 1.55. The average molecular weight is 87.1 g/mol. The van der Waals surface area contributed by atoms with Crippen molar-refractivity contribution in [1.82, 2.24) is 5.10 Å². The fourth-order valence-corrected chi connectivity index (χ4v) is 0.456. The molecule has 0 aliphatic carbocycles. The third-order valence-electron chi connectivity index (χ3n) is 0.309. The molecule has 26 valence electrons. The van der Waals surface area contributed by atoms with Gasteiger partial charge in [0.25, 0.3) is 0 Å². The van der Waals surface area contributed by atoms with Crippen LogP contribution in [0.3, 0.4) is 0 Å². The van der Waals surface area contributed by atoms with Gasteiger partial charge < -0.3 is 0 Å². The molecule has 0 spiro atoms. The van der Waals surface area contributed by atoms with Gasteiger partial charge in [0.1, 0.15) is 0 Å². The van der Waals surface area contributed by atoms with Crippen molar-refractivity contribution in [3.8, 4) is 0 Å². The molecular weight excluding hydrogens is 84.1 g/mol. The Labute approximate surface area is 33.5 Å². The van der Waals surface area contributed by atoms with Gasteiger partial charge in [-0.1, -0.05) is 16.4 Å². The van der Waals surface area contributed by atoms with Crippen LogP contribution >= 0.6 is 11.3 Å². The number of H-pyrrole nitrogens is 1. The SMILES string of the molecule is c1n[nH+]cs1. The fraction of sp³-hybridized carbons (Fsp3) is 0. The van der Waals surface area contributed by atoms with Gasteiger partial charge in [-0.05, 0) is 0 Å². The van der Waals surface area contributed by atoms with Crippen LogP contribution in [0.2, 0.25) is 0 Å². The number of hydrogen-bond acceptors (Lipinski definition) is 2. The van der Waals surface area contributed by atoms with Gasteiger partial charge in [0, 0.05) is 5.10 Å². The predicted octanol–water partition coefficient (Wildman–Crippen LogP) is -0.0428. The Morgan fingerprint density at radius 1 is 1.80 bits per heavy atom. The van der Waals surface area contributed by atoms with Crippen molar-refractivity contribution in [2.24, 2.45) is 0 Å². The molecule has 1 aromatic rings. The van der Waals surface area contributed by atoms with Crippen LogP contribution in [0.25, 0.3) is 0 Å². The molecular formula is C2H3N2S+. The smallest absolute Gasteiger partial charge is 0.0957 e. The molecule has 3 heteroatoms. The van der Waals surface area contributed by atoms with Crippen LogP contribution in [0, 0.1) is 0 Å². The summed E-state index contributed by atoms with van der Waals surface area (Å²) in [6.45, 7) is 0. The lowest BCUT2D eigenvalue weighted by Gasteiger charge is -1.31. The highest BCUT2D eigenvalue weighted by molar-refractivity contribution is 7.06. The normalized spacial score (nSPS) is 8.00. The van der Waals surface area contributed by atoms with Crippen LogP contribution < -0.4 is 5.10 Å². The van der Waals surface area contributed by atoms with E-state index in [4.69, 9.17) is 0 Å². The highest BCUT2D eigenvalue weighted by Gasteiger charge is 1.69. The van der Waals surface area contributed by atoms with E-state index in [0.717, 1.165) is 0 Å². The van der Waals surface area contributed by atoms with Gasteiger partial charge in [0.2, 0.25) is 5.51 Å². The Kier molecular flexibility index (Phi) is 0.624. The number of hydrogen-bond donors (Lipinski definition) is 0. The Balaban J connectivity index is 3.13. The van der Waals surface area contributed by atoms with E-state index in [-0.39, 0.29) is 0 Å². The third-order valence-corrected chi connectivity index (χ3v) is 0.777. The second-order valence-electron chi connectivity index (χ2n) is 0.618. The molecule has 0 aromatic carbocycles. The summed E-state index contributed by atoms with van der Waals surface area (Å²) >= 11 is 1.55. The molecule has 0 amide bonds. The summed E-state index contributed by atoms with van der Waals surface area (Å²) in [6.07, 6.45) is 0. The maximum absolute atomic E-state index is 3.62. The first-order chi connectivity index (χ1) is 2.50. The maximum atomic E-state index is 3.62. The van der Waals surface area contributed by atoms with E-state index in [1.807, 2.05) is 0 Å². The van der Waals surface area contributed by atoms with Gasteiger partial charge in [-0.3, -0.25) is 0 Å². The van der Waals surface area contributed by atoms with Gasteiger partial charge in [-0.2, -0.15) is 0 Å². The molecule has 0 fully saturated rings. The highest BCUT2D eigenvalue weighted by atomic mass is 32.1. The summed E-state index contributed by atoms with van der Waals surface area (Å²) in [5, 5.41) is 6.25. The van der Waals surface area contributed by atoms with Crippen molar-refractivity contribution in [3.63, 3.8) is 0 Å². The van der Waals surface area contributed by atoms with Crippen LogP contribution in [0.1, 0.15) is 0 Å². The average Bonchev–Trinajstić information content (AvgIpc) is 1.76. The molecule has 1 aromatic heterocycles. The Morgan fingerprint density at radius 2 is 2.80 bits per heavy atom. The first-order valence-electron chi connectivity index (χ1n) is 1.24. The highest BCUT2D eigenvalue weighted by Crippen LogP contribution is 1.76. The summed E-state index contributed by atoms with van der Waals surface area (Å²) in [6, 6.07) is 0. The molecule has 0 aliphatic heterocycles.